The number of urea groups is 1. The maximum absolute atomic E-state index is 11.3. The third-order valence-corrected chi connectivity index (χ3v) is 2.14. The molecule has 1 aliphatic carbocycles. The molecule has 84 valence electrons. The highest BCUT2D eigenvalue weighted by Gasteiger charge is 2.25. The van der Waals surface area contributed by atoms with Gasteiger partial charge in [0.1, 0.15) is 0 Å². The molecule has 0 radical (unpaired) electrons. The zero-order valence-electron chi connectivity index (χ0n) is 8.86. The lowest BCUT2D eigenvalue weighted by Gasteiger charge is -2.14. The van der Waals surface area contributed by atoms with E-state index in [-0.39, 0.29) is 18.1 Å². The zero-order valence-corrected chi connectivity index (χ0v) is 8.86. The smallest absolute Gasteiger partial charge is 0.315 e. The number of carbonyl (C=O) groups excluding carboxylic acids is 1. The summed E-state index contributed by atoms with van der Waals surface area (Å²) in [5.41, 5.74) is 0. The molecule has 0 aromatic rings. The topological polar surface area (TPSA) is 78.4 Å². The first-order valence-corrected chi connectivity index (χ1v) is 4.97. The van der Waals surface area contributed by atoms with Crippen molar-refractivity contribution in [1.82, 2.24) is 10.6 Å². The van der Waals surface area contributed by atoms with Crippen LogP contribution in [0.4, 0.5) is 4.79 Å². The van der Waals surface area contributed by atoms with E-state index < -0.39 is 11.9 Å². The molecule has 2 unspecified atom stereocenters. The fourth-order valence-corrected chi connectivity index (χ4v) is 1.46. The van der Waals surface area contributed by atoms with Crippen molar-refractivity contribution in [3.05, 3.63) is 12.2 Å². The van der Waals surface area contributed by atoms with Crippen molar-refractivity contribution in [3.63, 3.8) is 0 Å². The number of hydrogen-bond acceptors (Lipinski definition) is 2. The highest BCUT2D eigenvalue weighted by atomic mass is 16.4. The lowest BCUT2D eigenvalue weighted by Crippen LogP contribution is -2.43. The average molecular weight is 212 g/mol. The van der Waals surface area contributed by atoms with E-state index in [1.165, 1.54) is 0 Å². The molecule has 0 saturated carbocycles. The van der Waals surface area contributed by atoms with Gasteiger partial charge in [0.25, 0.3) is 0 Å². The second kappa shape index (κ2) is 4.82. The molecule has 1 aliphatic rings. The highest BCUT2D eigenvalue weighted by Crippen LogP contribution is 2.17. The first-order chi connectivity index (χ1) is 6.99. The van der Waals surface area contributed by atoms with Crippen molar-refractivity contribution < 1.29 is 14.7 Å². The Labute approximate surface area is 88.5 Å². The Bertz CT molecular complexity index is 286. The molecule has 0 aromatic heterocycles. The fraction of sp³-hybridized carbons (Fsp3) is 0.600. The van der Waals surface area contributed by atoms with Crippen LogP contribution in [0.25, 0.3) is 0 Å². The van der Waals surface area contributed by atoms with Gasteiger partial charge in [-0.05, 0) is 20.3 Å². The van der Waals surface area contributed by atoms with Crippen molar-refractivity contribution in [3.8, 4) is 0 Å². The summed E-state index contributed by atoms with van der Waals surface area (Å²) in [5, 5.41) is 14.1. The first kappa shape index (κ1) is 11.6. The van der Waals surface area contributed by atoms with Crippen LogP contribution in [0, 0.1) is 5.92 Å². The molecule has 5 nitrogen and oxygen atoms in total. The minimum Gasteiger partial charge on any atom is -0.481 e. The van der Waals surface area contributed by atoms with Crippen LogP contribution in [-0.2, 0) is 4.79 Å². The van der Waals surface area contributed by atoms with Crippen LogP contribution in [0.15, 0.2) is 12.2 Å². The number of carboxylic acids is 1. The van der Waals surface area contributed by atoms with Crippen molar-refractivity contribution in [2.75, 3.05) is 0 Å². The van der Waals surface area contributed by atoms with Gasteiger partial charge in [-0.2, -0.15) is 0 Å². The Morgan fingerprint density at radius 3 is 2.53 bits per heavy atom. The number of carboxylic acid groups (broad SMARTS) is 1. The van der Waals surface area contributed by atoms with Gasteiger partial charge in [0, 0.05) is 6.04 Å². The monoisotopic (exact) mass is 212 g/mol. The summed E-state index contributed by atoms with van der Waals surface area (Å²) in [5.74, 6) is -1.32. The van der Waals surface area contributed by atoms with Crippen molar-refractivity contribution in [1.29, 1.82) is 0 Å². The summed E-state index contributed by atoms with van der Waals surface area (Å²) in [4.78, 5) is 21.9. The molecule has 0 bridgehead atoms. The molecular weight excluding hydrogens is 196 g/mol. The number of aliphatic carboxylic acids is 1. The second-order valence-corrected chi connectivity index (χ2v) is 3.94. The maximum atomic E-state index is 11.3. The number of rotatable bonds is 3. The Balaban J connectivity index is 2.34. The van der Waals surface area contributed by atoms with Crippen LogP contribution in [0.2, 0.25) is 0 Å². The van der Waals surface area contributed by atoms with E-state index in [9.17, 15) is 9.59 Å². The molecule has 2 atom stereocenters. The SMILES string of the molecule is CC(C)NC(=O)NC1C=CC(C(=O)O)C1. The van der Waals surface area contributed by atoms with Gasteiger partial charge in [-0.25, -0.2) is 4.79 Å². The van der Waals surface area contributed by atoms with Crippen molar-refractivity contribution in [2.45, 2.75) is 32.4 Å². The van der Waals surface area contributed by atoms with Crippen LogP contribution >= 0.6 is 0 Å². The summed E-state index contributed by atoms with van der Waals surface area (Å²) >= 11 is 0. The summed E-state index contributed by atoms with van der Waals surface area (Å²) in [6.45, 7) is 3.73. The van der Waals surface area contributed by atoms with E-state index in [0.29, 0.717) is 6.42 Å². The largest absolute Gasteiger partial charge is 0.481 e. The molecule has 0 saturated heterocycles. The third kappa shape index (κ3) is 3.61. The minimum atomic E-state index is -0.847. The Hall–Kier alpha value is -1.52. The predicted molar refractivity (Wildman–Crippen MR) is 55.5 cm³/mol. The molecule has 3 N–H and O–H groups in total. The minimum absolute atomic E-state index is 0.0747. The van der Waals surface area contributed by atoms with E-state index in [0.717, 1.165) is 0 Å². The van der Waals surface area contributed by atoms with E-state index in [1.807, 2.05) is 13.8 Å². The molecule has 0 spiro atoms. The molecular formula is C10H16N2O3. The van der Waals surface area contributed by atoms with E-state index in [4.69, 9.17) is 5.11 Å². The number of carbonyl (C=O) groups is 2. The molecule has 0 fully saturated rings. The quantitative estimate of drug-likeness (QED) is 0.603. The van der Waals surface area contributed by atoms with Gasteiger partial charge in [-0.15, -0.1) is 0 Å². The number of hydrogen-bond donors (Lipinski definition) is 3. The summed E-state index contributed by atoms with van der Waals surface area (Å²) < 4.78 is 0. The number of nitrogens with one attached hydrogen (secondary N) is 2. The third-order valence-electron chi connectivity index (χ3n) is 2.14. The van der Waals surface area contributed by atoms with Crippen LogP contribution in [0.5, 0.6) is 0 Å². The summed E-state index contributed by atoms with van der Waals surface area (Å²) in [6, 6.07) is -0.360. The predicted octanol–water partition coefficient (Wildman–Crippen LogP) is 0.723. The van der Waals surface area contributed by atoms with E-state index in [1.54, 1.807) is 12.2 Å². The van der Waals surface area contributed by atoms with E-state index >= 15 is 0 Å². The second-order valence-electron chi connectivity index (χ2n) is 3.94. The Morgan fingerprint density at radius 2 is 2.07 bits per heavy atom. The van der Waals surface area contributed by atoms with Crippen LogP contribution in [0.3, 0.4) is 0 Å². The van der Waals surface area contributed by atoms with Gasteiger partial charge in [0.15, 0.2) is 0 Å². The zero-order chi connectivity index (χ0) is 11.4. The Morgan fingerprint density at radius 1 is 1.40 bits per heavy atom. The van der Waals surface area contributed by atoms with Gasteiger partial charge in [0.2, 0.25) is 0 Å². The lowest BCUT2D eigenvalue weighted by molar-refractivity contribution is -0.140. The highest BCUT2D eigenvalue weighted by molar-refractivity contribution is 5.76. The van der Waals surface area contributed by atoms with E-state index in [2.05, 4.69) is 10.6 Å². The van der Waals surface area contributed by atoms with Crippen LogP contribution < -0.4 is 10.6 Å². The molecule has 0 aliphatic heterocycles. The lowest BCUT2D eigenvalue weighted by atomic mass is 10.1. The van der Waals surface area contributed by atoms with Crippen LogP contribution in [0.1, 0.15) is 20.3 Å². The van der Waals surface area contributed by atoms with Gasteiger partial charge >= 0.3 is 12.0 Å². The summed E-state index contributed by atoms with van der Waals surface area (Å²) in [7, 11) is 0. The normalized spacial score (nSPS) is 24.2. The van der Waals surface area contributed by atoms with Gasteiger partial charge < -0.3 is 15.7 Å². The molecule has 1 rings (SSSR count). The fourth-order valence-electron chi connectivity index (χ4n) is 1.46. The molecule has 15 heavy (non-hydrogen) atoms. The standard InChI is InChI=1S/C10H16N2O3/c1-6(2)11-10(15)12-8-4-3-7(5-8)9(13)14/h3-4,6-8H,5H2,1-2H3,(H,13,14)(H2,11,12,15). The summed E-state index contributed by atoms with van der Waals surface area (Å²) in [6.07, 6.45) is 3.77. The molecule has 2 amide bonds. The molecule has 5 heteroatoms. The Kier molecular flexibility index (Phi) is 3.71. The van der Waals surface area contributed by atoms with Gasteiger partial charge in [-0.1, -0.05) is 12.2 Å². The molecule has 0 heterocycles. The maximum Gasteiger partial charge on any atom is 0.315 e. The average Bonchev–Trinajstić information content (AvgIpc) is 2.50. The van der Waals surface area contributed by atoms with Gasteiger partial charge in [0.05, 0.1) is 12.0 Å². The van der Waals surface area contributed by atoms with Crippen molar-refractivity contribution >= 4 is 12.0 Å². The van der Waals surface area contributed by atoms with Crippen LogP contribution in [-0.4, -0.2) is 29.2 Å². The van der Waals surface area contributed by atoms with Crippen molar-refractivity contribution in [2.24, 2.45) is 5.92 Å². The number of amides is 2. The van der Waals surface area contributed by atoms with Gasteiger partial charge in [-0.3, -0.25) is 4.79 Å². The first-order valence-electron chi connectivity index (χ1n) is 4.97. The molecule has 0 aromatic carbocycles.